The molecule has 0 aliphatic carbocycles. The number of anilines is 1. The molecule has 0 aliphatic rings. The molecule has 3 aromatic heterocycles. The molecule has 0 fully saturated rings. The number of ether oxygens (including phenoxy) is 2. The second-order valence-corrected chi connectivity index (χ2v) is 8.10. The Morgan fingerprint density at radius 2 is 1.90 bits per heavy atom. The molecule has 4 rings (SSSR count). The molecule has 1 N–H and O–H groups in total. The van der Waals surface area contributed by atoms with Gasteiger partial charge in [0.2, 0.25) is 5.13 Å². The Balaban J connectivity index is 1.42. The van der Waals surface area contributed by atoms with Gasteiger partial charge in [-0.3, -0.25) is 4.79 Å². The van der Waals surface area contributed by atoms with Crippen LogP contribution in [0.5, 0.6) is 11.5 Å². The molecule has 154 valence electrons. The van der Waals surface area contributed by atoms with Gasteiger partial charge < -0.3 is 14.8 Å². The van der Waals surface area contributed by atoms with Crippen LogP contribution in [0, 0.1) is 6.92 Å². The molecule has 0 radical (unpaired) electrons. The summed E-state index contributed by atoms with van der Waals surface area (Å²) in [6, 6.07) is 13.0. The van der Waals surface area contributed by atoms with Gasteiger partial charge >= 0.3 is 0 Å². The molecule has 4 aromatic rings. The zero-order valence-corrected chi connectivity index (χ0v) is 18.1. The van der Waals surface area contributed by atoms with E-state index in [1.165, 1.54) is 11.3 Å². The second-order valence-electron chi connectivity index (χ2n) is 6.32. The number of rotatable bonds is 8. The van der Waals surface area contributed by atoms with Crippen molar-refractivity contribution in [3.8, 4) is 27.2 Å². The maximum atomic E-state index is 12.4. The highest BCUT2D eigenvalue weighted by molar-refractivity contribution is 7.15. The number of hydrogen-bond acceptors (Lipinski definition) is 7. The summed E-state index contributed by atoms with van der Waals surface area (Å²) in [5, 5.41) is 12.0. The Morgan fingerprint density at radius 3 is 2.60 bits per heavy atom. The minimum Gasteiger partial charge on any atom is -0.494 e. The number of carbonyl (C=O) groups is 1. The molecular formula is C21H20N4O3S2. The maximum absolute atomic E-state index is 12.4. The Labute approximate surface area is 181 Å². The molecule has 0 unspecified atom stereocenters. The predicted molar refractivity (Wildman–Crippen MR) is 119 cm³/mol. The summed E-state index contributed by atoms with van der Waals surface area (Å²) in [5.41, 5.74) is 1.68. The van der Waals surface area contributed by atoms with Crippen LogP contribution in [-0.2, 0) is 4.79 Å². The first-order valence-corrected chi connectivity index (χ1v) is 11.1. The summed E-state index contributed by atoms with van der Waals surface area (Å²) in [4.78, 5) is 18.2. The Kier molecular flexibility index (Phi) is 6.10. The van der Waals surface area contributed by atoms with E-state index in [9.17, 15) is 4.79 Å². The van der Waals surface area contributed by atoms with Crippen molar-refractivity contribution in [3.63, 3.8) is 0 Å². The van der Waals surface area contributed by atoms with Crippen LogP contribution < -0.4 is 14.8 Å². The van der Waals surface area contributed by atoms with E-state index < -0.39 is 0 Å². The average Bonchev–Trinajstić information content (AvgIpc) is 3.48. The van der Waals surface area contributed by atoms with Crippen LogP contribution in [0.4, 0.5) is 5.82 Å². The summed E-state index contributed by atoms with van der Waals surface area (Å²) in [5.74, 6) is 1.64. The first-order chi connectivity index (χ1) is 14.6. The molecule has 0 saturated heterocycles. The van der Waals surface area contributed by atoms with Gasteiger partial charge in [-0.15, -0.1) is 22.7 Å². The normalized spacial score (nSPS) is 10.7. The summed E-state index contributed by atoms with van der Waals surface area (Å²) in [7, 11) is 0. The Hall–Kier alpha value is -3.17. The van der Waals surface area contributed by atoms with Crippen molar-refractivity contribution in [1.82, 2.24) is 14.8 Å². The van der Waals surface area contributed by atoms with Crippen molar-refractivity contribution in [2.75, 3.05) is 18.5 Å². The van der Waals surface area contributed by atoms with E-state index in [0.29, 0.717) is 23.3 Å². The lowest BCUT2D eigenvalue weighted by molar-refractivity contribution is -0.118. The number of hydrogen-bond donors (Lipinski definition) is 1. The molecule has 0 spiro atoms. The molecule has 0 saturated carbocycles. The van der Waals surface area contributed by atoms with Crippen molar-refractivity contribution in [3.05, 3.63) is 58.9 Å². The highest BCUT2D eigenvalue weighted by atomic mass is 32.1. The predicted octanol–water partition coefficient (Wildman–Crippen LogP) is 4.78. The lowest BCUT2D eigenvalue weighted by Crippen LogP contribution is -2.21. The largest absolute Gasteiger partial charge is 0.494 e. The fraction of sp³-hybridized carbons (Fsp3) is 0.190. The standard InChI is InChI=1S/C21H20N4O3S2/c1-3-27-15-6-8-16(9-7-15)28-12-20(26)23-19-11-14(2)24-25(19)21-22-17(13-30-21)18-5-4-10-29-18/h4-11,13H,3,12H2,1-2H3,(H,23,26). The summed E-state index contributed by atoms with van der Waals surface area (Å²) >= 11 is 3.11. The van der Waals surface area contributed by atoms with Crippen molar-refractivity contribution >= 4 is 34.4 Å². The van der Waals surface area contributed by atoms with Gasteiger partial charge in [0.1, 0.15) is 17.3 Å². The molecule has 1 amide bonds. The minimum atomic E-state index is -0.278. The quantitative estimate of drug-likeness (QED) is 0.427. The summed E-state index contributed by atoms with van der Waals surface area (Å²) in [6.07, 6.45) is 0. The van der Waals surface area contributed by atoms with Crippen LogP contribution in [-0.4, -0.2) is 33.9 Å². The number of nitrogens with zero attached hydrogens (tertiary/aromatic N) is 3. The number of nitrogens with one attached hydrogen (secondary N) is 1. The smallest absolute Gasteiger partial charge is 0.263 e. The fourth-order valence-electron chi connectivity index (χ4n) is 2.76. The zero-order chi connectivity index (χ0) is 20.9. The lowest BCUT2D eigenvalue weighted by Gasteiger charge is -2.09. The molecule has 3 heterocycles. The Morgan fingerprint density at radius 1 is 1.13 bits per heavy atom. The van der Waals surface area contributed by atoms with Crippen LogP contribution in [0.25, 0.3) is 15.7 Å². The molecule has 1 aromatic carbocycles. The van der Waals surface area contributed by atoms with Gasteiger partial charge in [0, 0.05) is 11.4 Å². The monoisotopic (exact) mass is 440 g/mol. The fourth-order valence-corrected chi connectivity index (χ4v) is 4.31. The summed E-state index contributed by atoms with van der Waals surface area (Å²) in [6.45, 7) is 4.28. The average molecular weight is 441 g/mol. The van der Waals surface area contributed by atoms with Crippen LogP contribution in [0.15, 0.2) is 53.2 Å². The molecule has 0 aliphatic heterocycles. The highest BCUT2D eigenvalue weighted by Gasteiger charge is 2.15. The molecule has 30 heavy (non-hydrogen) atoms. The zero-order valence-electron chi connectivity index (χ0n) is 16.5. The van der Waals surface area contributed by atoms with Gasteiger partial charge in [-0.25, -0.2) is 4.98 Å². The van der Waals surface area contributed by atoms with Crippen molar-refractivity contribution in [2.45, 2.75) is 13.8 Å². The van der Waals surface area contributed by atoms with E-state index in [1.54, 1.807) is 34.2 Å². The van der Waals surface area contributed by atoms with E-state index in [0.717, 1.165) is 22.0 Å². The number of amides is 1. The van der Waals surface area contributed by atoms with Crippen LogP contribution in [0.1, 0.15) is 12.6 Å². The van der Waals surface area contributed by atoms with Crippen LogP contribution in [0.2, 0.25) is 0 Å². The van der Waals surface area contributed by atoms with Gasteiger partial charge in [0.25, 0.3) is 5.91 Å². The van der Waals surface area contributed by atoms with Gasteiger partial charge in [-0.2, -0.15) is 9.78 Å². The lowest BCUT2D eigenvalue weighted by atomic mass is 10.3. The number of aryl methyl sites for hydroxylation is 1. The van der Waals surface area contributed by atoms with Crippen LogP contribution >= 0.6 is 22.7 Å². The highest BCUT2D eigenvalue weighted by Crippen LogP contribution is 2.29. The third kappa shape index (κ3) is 4.69. The third-order valence-corrected chi connectivity index (χ3v) is 5.76. The number of carbonyl (C=O) groups excluding carboxylic acids is 1. The van der Waals surface area contributed by atoms with E-state index in [4.69, 9.17) is 9.47 Å². The Bertz CT molecular complexity index is 1120. The number of thiophene rings is 1. The number of benzene rings is 1. The van der Waals surface area contributed by atoms with E-state index in [2.05, 4.69) is 15.4 Å². The first kappa shape index (κ1) is 20.1. The van der Waals surface area contributed by atoms with Crippen LogP contribution in [0.3, 0.4) is 0 Å². The summed E-state index contributed by atoms with van der Waals surface area (Å²) < 4.78 is 12.6. The van der Waals surface area contributed by atoms with Gasteiger partial charge in [-0.05, 0) is 49.6 Å². The first-order valence-electron chi connectivity index (χ1n) is 9.34. The molecule has 7 nitrogen and oxygen atoms in total. The van der Waals surface area contributed by atoms with Crippen molar-refractivity contribution < 1.29 is 14.3 Å². The molecule has 9 heteroatoms. The van der Waals surface area contributed by atoms with E-state index in [-0.39, 0.29) is 12.5 Å². The van der Waals surface area contributed by atoms with E-state index in [1.807, 2.05) is 48.9 Å². The van der Waals surface area contributed by atoms with Gasteiger partial charge in [-0.1, -0.05) is 6.07 Å². The van der Waals surface area contributed by atoms with E-state index >= 15 is 0 Å². The number of thiazole rings is 1. The topological polar surface area (TPSA) is 78.3 Å². The molecular weight excluding hydrogens is 420 g/mol. The maximum Gasteiger partial charge on any atom is 0.263 e. The van der Waals surface area contributed by atoms with Gasteiger partial charge in [0.15, 0.2) is 6.61 Å². The second kappa shape index (κ2) is 9.10. The molecule has 0 bridgehead atoms. The third-order valence-electron chi connectivity index (χ3n) is 4.05. The number of aromatic nitrogens is 3. The van der Waals surface area contributed by atoms with Crippen molar-refractivity contribution in [2.24, 2.45) is 0 Å². The SMILES string of the molecule is CCOc1ccc(OCC(=O)Nc2cc(C)nn2-c2nc(-c3cccs3)cs2)cc1. The molecule has 0 atom stereocenters. The minimum absolute atomic E-state index is 0.115. The van der Waals surface area contributed by atoms with Crippen molar-refractivity contribution in [1.29, 1.82) is 0 Å². The van der Waals surface area contributed by atoms with Gasteiger partial charge in [0.05, 0.1) is 22.9 Å².